The van der Waals surface area contributed by atoms with Crippen LogP contribution in [0.15, 0.2) is 18.2 Å². The molecule has 1 aromatic carbocycles. The van der Waals surface area contributed by atoms with E-state index in [-0.39, 0.29) is 11.6 Å². The molecule has 0 radical (unpaired) electrons. The molecule has 0 bridgehead atoms. The van der Waals surface area contributed by atoms with E-state index in [1.165, 1.54) is 12.1 Å². The number of halogens is 1. The minimum absolute atomic E-state index is 0.224. The van der Waals surface area contributed by atoms with Gasteiger partial charge in [-0.2, -0.15) is 0 Å². The lowest BCUT2D eigenvalue weighted by Gasteiger charge is -2.17. The summed E-state index contributed by atoms with van der Waals surface area (Å²) in [6.45, 7) is 6.25. The van der Waals surface area contributed by atoms with Gasteiger partial charge in [0.15, 0.2) is 0 Å². The van der Waals surface area contributed by atoms with Crippen molar-refractivity contribution >= 4 is 11.7 Å². The van der Waals surface area contributed by atoms with Crippen molar-refractivity contribution in [3.05, 3.63) is 29.6 Å². The first-order valence-electron chi connectivity index (χ1n) is 5.69. The number of anilines is 1. The standard InChI is InChI=1S/C13H18FNO2/c1-8(2)6-9(3)15-10-4-5-12(14)11(7-10)13(16)17/h4-5,7-9,15H,6H2,1-3H3,(H,16,17). The summed E-state index contributed by atoms with van der Waals surface area (Å²) in [7, 11) is 0. The highest BCUT2D eigenvalue weighted by molar-refractivity contribution is 5.89. The summed E-state index contributed by atoms with van der Waals surface area (Å²) < 4.78 is 13.2. The van der Waals surface area contributed by atoms with Crippen LogP contribution in [-0.4, -0.2) is 17.1 Å². The van der Waals surface area contributed by atoms with Gasteiger partial charge in [0.2, 0.25) is 0 Å². The molecular formula is C13H18FNO2. The Morgan fingerprint density at radius 3 is 2.59 bits per heavy atom. The molecule has 0 fully saturated rings. The summed E-state index contributed by atoms with van der Waals surface area (Å²) in [5.74, 6) is -1.40. The van der Waals surface area contributed by atoms with Gasteiger partial charge in [-0.1, -0.05) is 13.8 Å². The third-order valence-corrected chi connectivity index (χ3v) is 2.43. The van der Waals surface area contributed by atoms with Gasteiger partial charge in [-0.15, -0.1) is 0 Å². The molecule has 1 aromatic rings. The Labute approximate surface area is 101 Å². The van der Waals surface area contributed by atoms with Crippen molar-refractivity contribution in [2.24, 2.45) is 5.92 Å². The quantitative estimate of drug-likeness (QED) is 0.828. The second-order valence-corrected chi connectivity index (χ2v) is 4.67. The summed E-state index contributed by atoms with van der Waals surface area (Å²) in [6.07, 6.45) is 0.972. The molecule has 0 aromatic heterocycles. The molecule has 0 aliphatic heterocycles. The predicted molar refractivity (Wildman–Crippen MR) is 65.9 cm³/mol. The lowest BCUT2D eigenvalue weighted by atomic mass is 10.0. The maximum atomic E-state index is 13.2. The van der Waals surface area contributed by atoms with Crippen molar-refractivity contribution in [1.82, 2.24) is 0 Å². The van der Waals surface area contributed by atoms with E-state index in [0.717, 1.165) is 6.42 Å². The highest BCUT2D eigenvalue weighted by atomic mass is 19.1. The molecule has 0 amide bonds. The van der Waals surface area contributed by atoms with Crippen LogP contribution >= 0.6 is 0 Å². The van der Waals surface area contributed by atoms with Crippen LogP contribution < -0.4 is 5.32 Å². The first-order chi connectivity index (χ1) is 7.90. The van der Waals surface area contributed by atoms with Gasteiger partial charge in [0.05, 0.1) is 5.56 Å². The number of nitrogens with one attached hydrogen (secondary N) is 1. The molecule has 0 saturated carbocycles. The Morgan fingerprint density at radius 2 is 2.06 bits per heavy atom. The maximum Gasteiger partial charge on any atom is 0.338 e. The topological polar surface area (TPSA) is 49.3 Å². The van der Waals surface area contributed by atoms with Gasteiger partial charge in [-0.3, -0.25) is 0 Å². The van der Waals surface area contributed by atoms with Crippen molar-refractivity contribution in [2.45, 2.75) is 33.2 Å². The van der Waals surface area contributed by atoms with Gasteiger partial charge in [-0.05, 0) is 37.5 Å². The molecule has 2 N–H and O–H groups in total. The number of carbonyl (C=O) groups is 1. The van der Waals surface area contributed by atoms with Gasteiger partial charge in [0, 0.05) is 11.7 Å². The smallest absolute Gasteiger partial charge is 0.338 e. The SMILES string of the molecule is CC(C)CC(C)Nc1ccc(F)c(C(=O)O)c1. The van der Waals surface area contributed by atoms with Crippen LogP contribution in [0.1, 0.15) is 37.6 Å². The van der Waals surface area contributed by atoms with Gasteiger partial charge in [0.1, 0.15) is 5.82 Å². The van der Waals surface area contributed by atoms with Gasteiger partial charge < -0.3 is 10.4 Å². The zero-order valence-corrected chi connectivity index (χ0v) is 10.3. The van der Waals surface area contributed by atoms with Crippen LogP contribution in [0, 0.1) is 11.7 Å². The molecule has 0 saturated heterocycles. The average molecular weight is 239 g/mol. The number of aromatic carboxylic acids is 1. The van der Waals surface area contributed by atoms with E-state index in [1.54, 1.807) is 6.07 Å². The summed E-state index contributed by atoms with van der Waals surface area (Å²) in [4.78, 5) is 10.8. The van der Waals surface area contributed by atoms with Gasteiger partial charge in [-0.25, -0.2) is 9.18 Å². The van der Waals surface area contributed by atoms with Crippen LogP contribution in [0.4, 0.5) is 10.1 Å². The fraction of sp³-hybridized carbons (Fsp3) is 0.462. The highest BCUT2D eigenvalue weighted by Gasteiger charge is 2.12. The molecule has 17 heavy (non-hydrogen) atoms. The van der Waals surface area contributed by atoms with Crippen LogP contribution in [0.25, 0.3) is 0 Å². The molecule has 0 heterocycles. The van der Waals surface area contributed by atoms with E-state index < -0.39 is 11.8 Å². The van der Waals surface area contributed by atoms with Crippen LogP contribution in [0.3, 0.4) is 0 Å². The third-order valence-electron chi connectivity index (χ3n) is 2.43. The average Bonchev–Trinajstić information content (AvgIpc) is 2.19. The number of benzene rings is 1. The molecule has 0 aliphatic rings. The van der Waals surface area contributed by atoms with Crippen molar-refractivity contribution in [3.63, 3.8) is 0 Å². The minimum atomic E-state index is -1.25. The Kier molecular flexibility index (Phi) is 4.49. The summed E-state index contributed by atoms with van der Waals surface area (Å²) in [6, 6.07) is 4.28. The summed E-state index contributed by atoms with van der Waals surface area (Å²) in [5, 5.41) is 12.0. The van der Waals surface area contributed by atoms with E-state index in [2.05, 4.69) is 19.2 Å². The van der Waals surface area contributed by atoms with E-state index >= 15 is 0 Å². The van der Waals surface area contributed by atoms with E-state index in [4.69, 9.17) is 5.11 Å². The summed E-state index contributed by atoms with van der Waals surface area (Å²) >= 11 is 0. The first-order valence-corrected chi connectivity index (χ1v) is 5.69. The van der Waals surface area contributed by atoms with E-state index in [9.17, 15) is 9.18 Å². The molecule has 1 rings (SSSR count). The number of carboxylic acids is 1. The largest absolute Gasteiger partial charge is 0.478 e. The monoisotopic (exact) mass is 239 g/mol. The summed E-state index contributed by atoms with van der Waals surface area (Å²) in [5.41, 5.74) is 0.337. The maximum absolute atomic E-state index is 13.2. The fourth-order valence-corrected chi connectivity index (χ4v) is 1.83. The third kappa shape index (κ3) is 4.06. The second kappa shape index (κ2) is 5.66. The van der Waals surface area contributed by atoms with Crippen LogP contribution in [0.5, 0.6) is 0 Å². The Bertz CT molecular complexity index is 404. The number of rotatable bonds is 5. The Morgan fingerprint density at radius 1 is 1.41 bits per heavy atom. The van der Waals surface area contributed by atoms with Crippen LogP contribution in [-0.2, 0) is 0 Å². The molecule has 0 aliphatic carbocycles. The second-order valence-electron chi connectivity index (χ2n) is 4.67. The van der Waals surface area contributed by atoms with Crippen molar-refractivity contribution in [2.75, 3.05) is 5.32 Å². The number of hydrogen-bond donors (Lipinski definition) is 2. The zero-order valence-electron chi connectivity index (χ0n) is 10.3. The lowest BCUT2D eigenvalue weighted by molar-refractivity contribution is 0.0692. The molecule has 0 spiro atoms. The molecule has 1 unspecified atom stereocenters. The molecule has 94 valence electrons. The molecule has 1 atom stereocenters. The molecular weight excluding hydrogens is 221 g/mol. The Balaban J connectivity index is 2.79. The number of hydrogen-bond acceptors (Lipinski definition) is 2. The van der Waals surface area contributed by atoms with Crippen molar-refractivity contribution < 1.29 is 14.3 Å². The fourth-order valence-electron chi connectivity index (χ4n) is 1.83. The van der Waals surface area contributed by atoms with Crippen molar-refractivity contribution in [1.29, 1.82) is 0 Å². The predicted octanol–water partition coefficient (Wildman–Crippen LogP) is 3.37. The lowest BCUT2D eigenvalue weighted by Crippen LogP contribution is -2.17. The van der Waals surface area contributed by atoms with E-state index in [1.807, 2.05) is 6.92 Å². The first kappa shape index (κ1) is 13.5. The van der Waals surface area contributed by atoms with Crippen LogP contribution in [0.2, 0.25) is 0 Å². The van der Waals surface area contributed by atoms with Crippen molar-refractivity contribution in [3.8, 4) is 0 Å². The number of carboxylic acid groups (broad SMARTS) is 1. The van der Waals surface area contributed by atoms with E-state index in [0.29, 0.717) is 11.6 Å². The normalized spacial score (nSPS) is 12.5. The zero-order chi connectivity index (χ0) is 13.0. The highest BCUT2D eigenvalue weighted by Crippen LogP contribution is 2.17. The molecule has 3 nitrogen and oxygen atoms in total. The van der Waals surface area contributed by atoms with Gasteiger partial charge in [0.25, 0.3) is 0 Å². The Hall–Kier alpha value is -1.58. The van der Waals surface area contributed by atoms with Gasteiger partial charge >= 0.3 is 5.97 Å². The molecule has 4 heteroatoms. The minimum Gasteiger partial charge on any atom is -0.478 e.